The fourth-order valence-electron chi connectivity index (χ4n) is 2.34. The molecule has 0 heterocycles. The number of benzene rings is 2. The van der Waals surface area contributed by atoms with Gasteiger partial charge in [0.2, 0.25) is 0 Å². The molecule has 5 heteroatoms. The Morgan fingerprint density at radius 2 is 1.62 bits per heavy atom. The second kappa shape index (κ2) is 8.73. The minimum absolute atomic E-state index is 0.0538. The summed E-state index contributed by atoms with van der Waals surface area (Å²) in [6, 6.07) is 13.2. The highest BCUT2D eigenvalue weighted by Gasteiger charge is 2.15. The monoisotopic (exact) mass is 391 g/mol. The minimum atomic E-state index is -0.0538. The molecule has 0 aromatic heterocycles. The molecule has 2 aromatic carbocycles. The van der Waals surface area contributed by atoms with Crippen LogP contribution in [0.2, 0.25) is 0 Å². The van der Waals surface area contributed by atoms with Gasteiger partial charge in [-0.15, -0.1) is 0 Å². The van der Waals surface area contributed by atoms with Gasteiger partial charge >= 0.3 is 0 Å². The Morgan fingerprint density at radius 3 is 2.25 bits per heavy atom. The van der Waals surface area contributed by atoms with E-state index in [0.29, 0.717) is 36.8 Å². The van der Waals surface area contributed by atoms with Gasteiger partial charge in [-0.05, 0) is 49.7 Å². The zero-order valence-corrected chi connectivity index (χ0v) is 15.8. The Kier molecular flexibility index (Phi) is 6.67. The normalized spacial score (nSPS) is 10.3. The van der Waals surface area contributed by atoms with Crippen LogP contribution in [-0.2, 0) is 6.54 Å². The molecule has 4 nitrogen and oxygen atoms in total. The van der Waals surface area contributed by atoms with E-state index in [2.05, 4.69) is 15.9 Å². The van der Waals surface area contributed by atoms with Crippen molar-refractivity contribution in [2.45, 2.75) is 20.4 Å². The second-order valence-electron chi connectivity index (χ2n) is 5.32. The van der Waals surface area contributed by atoms with Crippen LogP contribution < -0.4 is 9.47 Å². The van der Waals surface area contributed by atoms with Gasteiger partial charge in [0.1, 0.15) is 0 Å². The van der Waals surface area contributed by atoms with Crippen LogP contribution in [0.3, 0.4) is 0 Å². The predicted molar refractivity (Wildman–Crippen MR) is 98.7 cm³/mol. The summed E-state index contributed by atoms with van der Waals surface area (Å²) in [5.41, 5.74) is 1.66. The first kappa shape index (κ1) is 18.3. The van der Waals surface area contributed by atoms with Crippen molar-refractivity contribution in [1.29, 1.82) is 0 Å². The highest BCUT2D eigenvalue weighted by molar-refractivity contribution is 9.10. The van der Waals surface area contributed by atoms with E-state index in [1.54, 1.807) is 30.1 Å². The van der Waals surface area contributed by atoms with Crippen molar-refractivity contribution < 1.29 is 14.3 Å². The standard InChI is InChI=1S/C19H22BrNO3/c1-4-23-17-11-8-15(12-18(17)24-5-2)19(22)21(3)13-14-6-9-16(20)10-7-14/h6-12H,4-5,13H2,1-3H3. The molecule has 2 aromatic rings. The molecule has 0 saturated heterocycles. The van der Waals surface area contributed by atoms with Gasteiger partial charge in [0.25, 0.3) is 5.91 Å². The molecule has 0 N–H and O–H groups in total. The van der Waals surface area contributed by atoms with Crippen LogP contribution in [0.15, 0.2) is 46.9 Å². The van der Waals surface area contributed by atoms with Gasteiger partial charge in [0.05, 0.1) is 13.2 Å². The smallest absolute Gasteiger partial charge is 0.254 e. The van der Waals surface area contributed by atoms with Crippen LogP contribution >= 0.6 is 15.9 Å². The number of rotatable bonds is 7. The molecule has 0 spiro atoms. The number of carbonyl (C=O) groups excluding carboxylic acids is 1. The van der Waals surface area contributed by atoms with Crippen LogP contribution in [0.4, 0.5) is 0 Å². The first-order chi connectivity index (χ1) is 11.5. The molecule has 0 aliphatic rings. The van der Waals surface area contributed by atoms with E-state index in [1.807, 2.05) is 38.1 Å². The maximum Gasteiger partial charge on any atom is 0.254 e. The van der Waals surface area contributed by atoms with E-state index in [4.69, 9.17) is 9.47 Å². The number of hydrogen-bond donors (Lipinski definition) is 0. The summed E-state index contributed by atoms with van der Waals surface area (Å²) in [5.74, 6) is 1.20. The number of halogens is 1. The molecular formula is C19H22BrNO3. The summed E-state index contributed by atoms with van der Waals surface area (Å²) in [6.07, 6.45) is 0. The Labute approximate surface area is 151 Å². The maximum atomic E-state index is 12.7. The molecule has 0 fully saturated rings. The molecule has 2 rings (SSSR count). The molecule has 0 atom stereocenters. The number of ether oxygens (including phenoxy) is 2. The first-order valence-electron chi connectivity index (χ1n) is 7.94. The average molecular weight is 392 g/mol. The fraction of sp³-hybridized carbons (Fsp3) is 0.316. The van der Waals surface area contributed by atoms with Gasteiger partial charge < -0.3 is 14.4 Å². The summed E-state index contributed by atoms with van der Waals surface area (Å²) in [4.78, 5) is 14.4. The van der Waals surface area contributed by atoms with Crippen LogP contribution in [0.1, 0.15) is 29.8 Å². The molecule has 0 aliphatic heterocycles. The third-order valence-corrected chi connectivity index (χ3v) is 4.00. The van der Waals surface area contributed by atoms with Crippen molar-refractivity contribution in [2.24, 2.45) is 0 Å². The van der Waals surface area contributed by atoms with Crippen LogP contribution in [0.5, 0.6) is 11.5 Å². The van der Waals surface area contributed by atoms with Crippen molar-refractivity contribution in [3.63, 3.8) is 0 Å². The van der Waals surface area contributed by atoms with Crippen molar-refractivity contribution in [3.05, 3.63) is 58.1 Å². The van der Waals surface area contributed by atoms with E-state index < -0.39 is 0 Å². The molecule has 128 valence electrons. The average Bonchev–Trinajstić information content (AvgIpc) is 2.58. The zero-order valence-electron chi connectivity index (χ0n) is 14.2. The molecule has 24 heavy (non-hydrogen) atoms. The van der Waals surface area contributed by atoms with Gasteiger partial charge in [-0.2, -0.15) is 0 Å². The third-order valence-electron chi connectivity index (χ3n) is 3.47. The number of amides is 1. The molecule has 1 amide bonds. The maximum absolute atomic E-state index is 12.7. The third kappa shape index (κ3) is 4.74. The van der Waals surface area contributed by atoms with Gasteiger partial charge in [0.15, 0.2) is 11.5 Å². The Bertz CT molecular complexity index is 686. The van der Waals surface area contributed by atoms with Gasteiger partial charge in [-0.3, -0.25) is 4.79 Å². The first-order valence-corrected chi connectivity index (χ1v) is 8.74. The van der Waals surface area contributed by atoms with Crippen molar-refractivity contribution in [3.8, 4) is 11.5 Å². The van der Waals surface area contributed by atoms with Crippen LogP contribution in [0, 0.1) is 0 Å². The van der Waals surface area contributed by atoms with Crippen molar-refractivity contribution in [1.82, 2.24) is 4.90 Å². The SMILES string of the molecule is CCOc1ccc(C(=O)N(C)Cc2ccc(Br)cc2)cc1OCC. The lowest BCUT2D eigenvalue weighted by atomic mass is 10.1. The fourth-order valence-corrected chi connectivity index (χ4v) is 2.60. The van der Waals surface area contributed by atoms with E-state index in [1.165, 1.54) is 0 Å². The molecule has 0 radical (unpaired) electrons. The highest BCUT2D eigenvalue weighted by atomic mass is 79.9. The van der Waals surface area contributed by atoms with Crippen molar-refractivity contribution in [2.75, 3.05) is 20.3 Å². The summed E-state index contributed by atoms with van der Waals surface area (Å²) >= 11 is 3.41. The number of nitrogens with zero attached hydrogens (tertiary/aromatic N) is 1. The lowest BCUT2D eigenvalue weighted by Crippen LogP contribution is -2.26. The van der Waals surface area contributed by atoms with E-state index >= 15 is 0 Å². The lowest BCUT2D eigenvalue weighted by Gasteiger charge is -2.19. The Hall–Kier alpha value is -2.01. The predicted octanol–water partition coefficient (Wildman–Crippen LogP) is 4.52. The molecule has 0 aliphatic carbocycles. The Morgan fingerprint density at radius 1 is 1.00 bits per heavy atom. The number of hydrogen-bond acceptors (Lipinski definition) is 3. The molecular weight excluding hydrogens is 370 g/mol. The topological polar surface area (TPSA) is 38.8 Å². The minimum Gasteiger partial charge on any atom is -0.490 e. The summed E-state index contributed by atoms with van der Waals surface area (Å²) in [7, 11) is 1.79. The molecule has 0 bridgehead atoms. The van der Waals surface area contributed by atoms with Gasteiger partial charge in [-0.1, -0.05) is 28.1 Å². The van der Waals surface area contributed by atoms with E-state index in [0.717, 1.165) is 10.0 Å². The van der Waals surface area contributed by atoms with Crippen molar-refractivity contribution >= 4 is 21.8 Å². The quantitative estimate of drug-likeness (QED) is 0.696. The largest absolute Gasteiger partial charge is 0.490 e. The summed E-state index contributed by atoms with van der Waals surface area (Å²) in [5, 5.41) is 0. The lowest BCUT2D eigenvalue weighted by molar-refractivity contribution is 0.0784. The van der Waals surface area contributed by atoms with Crippen LogP contribution in [0.25, 0.3) is 0 Å². The molecule has 0 unspecified atom stereocenters. The molecule has 0 saturated carbocycles. The van der Waals surface area contributed by atoms with Gasteiger partial charge in [0, 0.05) is 23.6 Å². The Balaban J connectivity index is 2.15. The van der Waals surface area contributed by atoms with Gasteiger partial charge in [-0.25, -0.2) is 0 Å². The number of carbonyl (C=O) groups is 1. The van der Waals surface area contributed by atoms with Crippen LogP contribution in [-0.4, -0.2) is 31.1 Å². The van der Waals surface area contributed by atoms with E-state index in [-0.39, 0.29) is 5.91 Å². The van der Waals surface area contributed by atoms with E-state index in [9.17, 15) is 4.79 Å². The zero-order chi connectivity index (χ0) is 17.5. The summed E-state index contributed by atoms with van der Waals surface area (Å²) < 4.78 is 12.1. The highest BCUT2D eigenvalue weighted by Crippen LogP contribution is 2.29. The summed E-state index contributed by atoms with van der Waals surface area (Å²) in [6.45, 7) is 5.44. The second-order valence-corrected chi connectivity index (χ2v) is 6.23.